The highest BCUT2D eigenvalue weighted by Gasteiger charge is 2.36. The Labute approximate surface area is 103 Å². The summed E-state index contributed by atoms with van der Waals surface area (Å²) >= 11 is 0. The number of benzene rings is 1. The third kappa shape index (κ3) is 2.86. The molecule has 2 rings (SSSR count). The highest BCUT2D eigenvalue weighted by molar-refractivity contribution is 5.14. The third-order valence-electron chi connectivity index (χ3n) is 3.95. The molecule has 0 amide bonds. The summed E-state index contributed by atoms with van der Waals surface area (Å²) in [6.45, 7) is 5.30. The van der Waals surface area contributed by atoms with Crippen LogP contribution in [0.2, 0.25) is 0 Å². The molecule has 94 valence electrons. The summed E-state index contributed by atoms with van der Waals surface area (Å²) < 4.78 is 0. The summed E-state index contributed by atoms with van der Waals surface area (Å²) in [6.07, 6.45) is 0.655. The van der Waals surface area contributed by atoms with Crippen molar-refractivity contribution in [3.05, 3.63) is 35.9 Å². The van der Waals surface area contributed by atoms with Gasteiger partial charge in [-0.25, -0.2) is 0 Å². The molecule has 1 heterocycles. The molecule has 3 heteroatoms. The number of aliphatic hydroxyl groups is 1. The maximum atomic E-state index is 10.2. The molecule has 1 aliphatic rings. The van der Waals surface area contributed by atoms with Crippen LogP contribution in [0.15, 0.2) is 30.3 Å². The molecule has 3 N–H and O–H groups in total. The van der Waals surface area contributed by atoms with Crippen molar-refractivity contribution in [2.24, 2.45) is 11.1 Å². The van der Waals surface area contributed by atoms with Crippen LogP contribution < -0.4 is 5.73 Å². The fourth-order valence-electron chi connectivity index (χ4n) is 2.36. The number of piperidine rings is 1. The lowest BCUT2D eigenvalue weighted by Gasteiger charge is -2.42. The maximum Gasteiger partial charge on any atom is 0.0733 e. The van der Waals surface area contributed by atoms with Gasteiger partial charge in [0, 0.05) is 25.0 Å². The summed E-state index contributed by atoms with van der Waals surface area (Å²) in [4.78, 5) is 2.30. The summed E-state index contributed by atoms with van der Waals surface area (Å²) in [5.41, 5.74) is 6.95. The van der Waals surface area contributed by atoms with E-state index in [0.717, 1.165) is 26.1 Å². The maximum absolute atomic E-state index is 10.2. The van der Waals surface area contributed by atoms with Crippen LogP contribution in [-0.2, 0) is 6.54 Å². The number of aliphatic hydroxyl groups excluding tert-OH is 1. The quantitative estimate of drug-likeness (QED) is 0.826. The first kappa shape index (κ1) is 12.6. The molecular formula is C14H22N2O. The molecule has 3 nitrogen and oxygen atoms in total. The number of likely N-dealkylation sites (tertiary alicyclic amines) is 1. The van der Waals surface area contributed by atoms with Crippen molar-refractivity contribution in [2.45, 2.75) is 26.0 Å². The van der Waals surface area contributed by atoms with E-state index in [4.69, 9.17) is 5.73 Å². The van der Waals surface area contributed by atoms with Crippen LogP contribution in [-0.4, -0.2) is 35.7 Å². The summed E-state index contributed by atoms with van der Waals surface area (Å²) in [5.74, 6) is 0. The Kier molecular flexibility index (Phi) is 3.82. The minimum Gasteiger partial charge on any atom is -0.391 e. The predicted molar refractivity (Wildman–Crippen MR) is 69.5 cm³/mol. The van der Waals surface area contributed by atoms with Crippen molar-refractivity contribution in [1.82, 2.24) is 4.90 Å². The van der Waals surface area contributed by atoms with Gasteiger partial charge in [0.05, 0.1) is 6.10 Å². The van der Waals surface area contributed by atoms with Crippen molar-refractivity contribution in [1.29, 1.82) is 0 Å². The Hall–Kier alpha value is -0.900. The number of hydrogen-bond donors (Lipinski definition) is 2. The van der Waals surface area contributed by atoms with Gasteiger partial charge in [-0.05, 0) is 18.5 Å². The van der Waals surface area contributed by atoms with Crippen LogP contribution in [0.3, 0.4) is 0 Å². The predicted octanol–water partition coefficient (Wildman–Crippen LogP) is 1.22. The molecule has 0 aliphatic carbocycles. The van der Waals surface area contributed by atoms with Gasteiger partial charge >= 0.3 is 0 Å². The van der Waals surface area contributed by atoms with Crippen molar-refractivity contribution in [3.8, 4) is 0 Å². The molecule has 0 spiro atoms. The minimum atomic E-state index is -0.315. The van der Waals surface area contributed by atoms with Crippen LogP contribution in [0.1, 0.15) is 18.9 Å². The Morgan fingerprint density at radius 3 is 2.71 bits per heavy atom. The first-order chi connectivity index (χ1) is 8.14. The first-order valence-corrected chi connectivity index (χ1v) is 6.28. The smallest absolute Gasteiger partial charge is 0.0733 e. The number of nitrogens with two attached hydrogens (primary N) is 1. The van der Waals surface area contributed by atoms with Gasteiger partial charge in [0.1, 0.15) is 0 Å². The fraction of sp³-hybridized carbons (Fsp3) is 0.571. The second-order valence-corrected chi connectivity index (χ2v) is 5.34. The monoisotopic (exact) mass is 234 g/mol. The molecule has 0 radical (unpaired) electrons. The van der Waals surface area contributed by atoms with Crippen molar-refractivity contribution in [2.75, 3.05) is 19.6 Å². The van der Waals surface area contributed by atoms with E-state index >= 15 is 0 Å². The molecule has 17 heavy (non-hydrogen) atoms. The molecule has 1 aromatic rings. The molecule has 1 aromatic carbocycles. The Morgan fingerprint density at radius 2 is 2.12 bits per heavy atom. The van der Waals surface area contributed by atoms with Gasteiger partial charge in [0.25, 0.3) is 0 Å². The highest BCUT2D eigenvalue weighted by Crippen LogP contribution is 2.30. The summed E-state index contributed by atoms with van der Waals surface area (Å²) in [5, 5.41) is 10.2. The van der Waals surface area contributed by atoms with Crippen LogP contribution in [0, 0.1) is 5.41 Å². The first-order valence-electron chi connectivity index (χ1n) is 6.28. The van der Waals surface area contributed by atoms with Gasteiger partial charge < -0.3 is 10.8 Å². The van der Waals surface area contributed by atoms with Crippen LogP contribution in [0.4, 0.5) is 0 Å². The van der Waals surface area contributed by atoms with E-state index in [1.807, 2.05) is 6.07 Å². The number of rotatable bonds is 3. The lowest BCUT2D eigenvalue weighted by molar-refractivity contribution is -0.0329. The van der Waals surface area contributed by atoms with E-state index in [-0.39, 0.29) is 11.5 Å². The molecule has 1 saturated heterocycles. The van der Waals surface area contributed by atoms with E-state index < -0.39 is 0 Å². The van der Waals surface area contributed by atoms with Gasteiger partial charge in [-0.15, -0.1) is 0 Å². The molecule has 0 saturated carbocycles. The molecular weight excluding hydrogens is 212 g/mol. The average Bonchev–Trinajstić information content (AvgIpc) is 2.35. The lowest BCUT2D eigenvalue weighted by Crippen LogP contribution is -2.52. The standard InChI is InChI=1S/C14H22N2O/c1-14(11-15)7-8-16(10-13(14)17)9-12-5-3-2-4-6-12/h2-6,13,17H,7-11,15H2,1H3. The third-order valence-corrected chi connectivity index (χ3v) is 3.95. The fourth-order valence-corrected chi connectivity index (χ4v) is 2.36. The van der Waals surface area contributed by atoms with E-state index in [9.17, 15) is 5.11 Å². The molecule has 0 aromatic heterocycles. The van der Waals surface area contributed by atoms with Gasteiger partial charge in [0.2, 0.25) is 0 Å². The Bertz CT molecular complexity index is 354. The molecule has 1 aliphatic heterocycles. The van der Waals surface area contributed by atoms with Crippen molar-refractivity contribution >= 4 is 0 Å². The minimum absolute atomic E-state index is 0.104. The van der Waals surface area contributed by atoms with Crippen LogP contribution >= 0.6 is 0 Å². The van der Waals surface area contributed by atoms with Gasteiger partial charge in [-0.1, -0.05) is 37.3 Å². The van der Waals surface area contributed by atoms with Gasteiger partial charge in [-0.2, -0.15) is 0 Å². The Morgan fingerprint density at radius 1 is 1.41 bits per heavy atom. The van der Waals surface area contributed by atoms with E-state index in [1.54, 1.807) is 0 Å². The second-order valence-electron chi connectivity index (χ2n) is 5.34. The largest absolute Gasteiger partial charge is 0.391 e. The molecule has 0 bridgehead atoms. The number of β-amino-alcohol motifs (C(OH)–C–C–N with tert-alkyl or cyclic N) is 1. The van der Waals surface area contributed by atoms with Crippen molar-refractivity contribution in [3.63, 3.8) is 0 Å². The molecule has 1 fully saturated rings. The number of hydrogen-bond acceptors (Lipinski definition) is 3. The lowest BCUT2D eigenvalue weighted by atomic mass is 9.78. The topological polar surface area (TPSA) is 49.5 Å². The zero-order valence-corrected chi connectivity index (χ0v) is 10.5. The van der Waals surface area contributed by atoms with Gasteiger partial charge in [0.15, 0.2) is 0 Å². The normalized spacial score (nSPS) is 30.4. The summed E-state index contributed by atoms with van der Waals surface area (Å²) in [6, 6.07) is 10.4. The zero-order chi connectivity index (χ0) is 12.3. The van der Waals surface area contributed by atoms with Gasteiger partial charge in [-0.3, -0.25) is 4.90 Å². The SMILES string of the molecule is CC1(CN)CCN(Cc2ccccc2)CC1O. The van der Waals surface area contributed by atoms with Crippen LogP contribution in [0.25, 0.3) is 0 Å². The highest BCUT2D eigenvalue weighted by atomic mass is 16.3. The van der Waals surface area contributed by atoms with E-state index in [0.29, 0.717) is 6.54 Å². The second kappa shape index (κ2) is 5.17. The summed E-state index contributed by atoms with van der Waals surface area (Å²) in [7, 11) is 0. The van der Waals surface area contributed by atoms with Crippen LogP contribution in [0.5, 0.6) is 0 Å². The Balaban J connectivity index is 1.94. The molecule has 2 atom stereocenters. The van der Waals surface area contributed by atoms with E-state index in [2.05, 4.69) is 36.1 Å². The molecule has 2 unspecified atom stereocenters. The van der Waals surface area contributed by atoms with E-state index in [1.165, 1.54) is 5.56 Å². The zero-order valence-electron chi connectivity index (χ0n) is 10.5. The van der Waals surface area contributed by atoms with Crippen molar-refractivity contribution < 1.29 is 5.11 Å². The number of nitrogens with zero attached hydrogens (tertiary/aromatic N) is 1. The average molecular weight is 234 g/mol.